The van der Waals surface area contributed by atoms with E-state index < -0.39 is 0 Å². The van der Waals surface area contributed by atoms with E-state index in [1.54, 1.807) is 0 Å². The lowest BCUT2D eigenvalue weighted by Crippen LogP contribution is -2.24. The lowest BCUT2D eigenvalue weighted by Gasteiger charge is -2.26. The summed E-state index contributed by atoms with van der Waals surface area (Å²) in [7, 11) is 0. The summed E-state index contributed by atoms with van der Waals surface area (Å²) in [5, 5.41) is 0. The molecule has 80 valence electrons. The highest BCUT2D eigenvalue weighted by Gasteiger charge is 2.18. The van der Waals surface area contributed by atoms with Gasteiger partial charge in [-0.2, -0.15) is 0 Å². The van der Waals surface area contributed by atoms with Crippen LogP contribution in [-0.2, 0) is 0 Å². The molecule has 1 nitrogen and oxygen atoms in total. The largest absolute Gasteiger partial charge is 0.328 e. The predicted octanol–water partition coefficient (Wildman–Crippen LogP) is 3.72. The van der Waals surface area contributed by atoms with Crippen LogP contribution in [0.25, 0.3) is 0 Å². The van der Waals surface area contributed by atoms with Gasteiger partial charge in [0.15, 0.2) is 0 Å². The first-order chi connectivity index (χ1) is 5.98. The molecule has 0 heterocycles. The molecular weight excluding hydrogens is 158 g/mol. The van der Waals surface area contributed by atoms with E-state index in [-0.39, 0.29) is 0 Å². The van der Waals surface area contributed by atoms with Gasteiger partial charge in [-0.1, -0.05) is 46.5 Å². The molecule has 13 heavy (non-hydrogen) atoms. The average molecular weight is 185 g/mol. The van der Waals surface area contributed by atoms with Crippen LogP contribution in [0.2, 0.25) is 0 Å². The van der Waals surface area contributed by atoms with Gasteiger partial charge in [0.05, 0.1) is 0 Å². The fraction of sp³-hybridized carbons (Fsp3) is 1.00. The summed E-state index contributed by atoms with van der Waals surface area (Å²) in [5.41, 5.74) is 6.26. The number of unbranched alkanes of at least 4 members (excludes halogenated alkanes) is 3. The van der Waals surface area contributed by atoms with E-state index in [4.69, 9.17) is 5.73 Å². The van der Waals surface area contributed by atoms with Gasteiger partial charge in [-0.15, -0.1) is 0 Å². The molecule has 1 heteroatoms. The highest BCUT2D eigenvalue weighted by atomic mass is 14.6. The minimum absolute atomic E-state index is 0.348. The third kappa shape index (κ3) is 8.29. The molecule has 0 aliphatic rings. The van der Waals surface area contributed by atoms with Gasteiger partial charge in [0.2, 0.25) is 0 Å². The Labute approximate surface area is 84.1 Å². The first kappa shape index (κ1) is 13.0. The number of nitrogens with two attached hydrogens (primary N) is 1. The van der Waals surface area contributed by atoms with Crippen LogP contribution in [0.1, 0.15) is 66.2 Å². The van der Waals surface area contributed by atoms with Crippen LogP contribution in [-0.4, -0.2) is 6.04 Å². The topological polar surface area (TPSA) is 26.0 Å². The maximum Gasteiger partial charge on any atom is 0.00155 e. The lowest BCUT2D eigenvalue weighted by atomic mass is 9.81. The average Bonchev–Trinajstić information content (AvgIpc) is 1.95. The molecule has 0 aliphatic carbocycles. The van der Waals surface area contributed by atoms with Crippen LogP contribution < -0.4 is 5.73 Å². The molecular formula is C12H27N. The van der Waals surface area contributed by atoms with E-state index in [1.165, 1.54) is 32.1 Å². The zero-order valence-corrected chi connectivity index (χ0v) is 9.90. The summed E-state index contributed by atoms with van der Waals surface area (Å²) in [6, 6.07) is 0.348. The van der Waals surface area contributed by atoms with Crippen LogP contribution in [0.3, 0.4) is 0 Å². The molecule has 0 aromatic carbocycles. The fourth-order valence-corrected chi connectivity index (χ4v) is 2.00. The normalized spacial score (nSPS) is 14.5. The standard InChI is InChI=1S/C12H27N/c1-5-6-7-8-9-12(3,4)10-11(2)13/h11H,5-10,13H2,1-4H3. The van der Waals surface area contributed by atoms with E-state index >= 15 is 0 Å². The second-order valence-corrected chi connectivity index (χ2v) is 5.16. The first-order valence-corrected chi connectivity index (χ1v) is 5.73. The second kappa shape index (κ2) is 6.42. The Kier molecular flexibility index (Phi) is 6.40. The molecule has 0 amide bonds. The Morgan fingerprint density at radius 2 is 1.77 bits per heavy atom. The summed E-state index contributed by atoms with van der Waals surface area (Å²) in [6.07, 6.45) is 7.95. The predicted molar refractivity (Wildman–Crippen MR) is 60.8 cm³/mol. The molecule has 0 spiro atoms. The molecule has 0 aromatic rings. The highest BCUT2D eigenvalue weighted by Crippen LogP contribution is 2.28. The minimum Gasteiger partial charge on any atom is -0.328 e. The van der Waals surface area contributed by atoms with Crippen LogP contribution >= 0.6 is 0 Å². The summed E-state index contributed by atoms with van der Waals surface area (Å²) < 4.78 is 0. The summed E-state index contributed by atoms with van der Waals surface area (Å²) in [4.78, 5) is 0. The van der Waals surface area contributed by atoms with Crippen molar-refractivity contribution in [2.75, 3.05) is 0 Å². The Balaban J connectivity index is 3.50. The van der Waals surface area contributed by atoms with Gasteiger partial charge in [0.25, 0.3) is 0 Å². The molecule has 2 N–H and O–H groups in total. The van der Waals surface area contributed by atoms with Gasteiger partial charge in [-0.3, -0.25) is 0 Å². The second-order valence-electron chi connectivity index (χ2n) is 5.16. The lowest BCUT2D eigenvalue weighted by molar-refractivity contribution is 0.276. The van der Waals surface area contributed by atoms with E-state index in [0.717, 1.165) is 6.42 Å². The Morgan fingerprint density at radius 3 is 2.23 bits per heavy atom. The Morgan fingerprint density at radius 1 is 1.15 bits per heavy atom. The Bertz CT molecular complexity index is 116. The fourth-order valence-electron chi connectivity index (χ4n) is 2.00. The molecule has 0 saturated carbocycles. The van der Waals surface area contributed by atoms with Crippen molar-refractivity contribution in [3.05, 3.63) is 0 Å². The molecule has 0 aliphatic heterocycles. The molecule has 0 rings (SSSR count). The van der Waals surface area contributed by atoms with E-state index in [2.05, 4.69) is 27.7 Å². The summed E-state index contributed by atoms with van der Waals surface area (Å²) in [6.45, 7) is 9.03. The van der Waals surface area contributed by atoms with Crippen molar-refractivity contribution < 1.29 is 0 Å². The highest BCUT2D eigenvalue weighted by molar-refractivity contribution is 4.72. The third-order valence-electron chi connectivity index (χ3n) is 2.58. The maximum atomic E-state index is 5.81. The van der Waals surface area contributed by atoms with Crippen LogP contribution in [0.15, 0.2) is 0 Å². The van der Waals surface area contributed by atoms with Gasteiger partial charge in [0.1, 0.15) is 0 Å². The van der Waals surface area contributed by atoms with E-state index in [9.17, 15) is 0 Å². The Hall–Kier alpha value is -0.0400. The smallest absolute Gasteiger partial charge is 0.00155 e. The van der Waals surface area contributed by atoms with Crippen molar-refractivity contribution in [3.63, 3.8) is 0 Å². The minimum atomic E-state index is 0.348. The van der Waals surface area contributed by atoms with Crippen molar-refractivity contribution in [1.29, 1.82) is 0 Å². The van der Waals surface area contributed by atoms with Crippen molar-refractivity contribution in [2.24, 2.45) is 11.1 Å². The van der Waals surface area contributed by atoms with Crippen LogP contribution in [0.4, 0.5) is 0 Å². The van der Waals surface area contributed by atoms with Gasteiger partial charge in [-0.05, 0) is 25.2 Å². The van der Waals surface area contributed by atoms with Crippen molar-refractivity contribution in [3.8, 4) is 0 Å². The molecule has 0 saturated heterocycles. The van der Waals surface area contributed by atoms with Gasteiger partial charge in [0, 0.05) is 6.04 Å². The molecule has 0 fully saturated rings. The quantitative estimate of drug-likeness (QED) is 0.601. The molecule has 0 bridgehead atoms. The van der Waals surface area contributed by atoms with Crippen molar-refractivity contribution in [1.82, 2.24) is 0 Å². The SMILES string of the molecule is CCCCCCC(C)(C)CC(C)N. The van der Waals surface area contributed by atoms with E-state index in [1.807, 2.05) is 0 Å². The van der Waals surface area contributed by atoms with Gasteiger partial charge < -0.3 is 5.73 Å². The first-order valence-electron chi connectivity index (χ1n) is 5.73. The van der Waals surface area contributed by atoms with E-state index in [0.29, 0.717) is 11.5 Å². The number of rotatable bonds is 7. The maximum absolute atomic E-state index is 5.81. The number of hydrogen-bond acceptors (Lipinski definition) is 1. The summed E-state index contributed by atoms with van der Waals surface area (Å²) >= 11 is 0. The molecule has 0 radical (unpaired) electrons. The zero-order chi connectivity index (χ0) is 10.3. The molecule has 1 atom stereocenters. The van der Waals surface area contributed by atoms with Crippen LogP contribution in [0, 0.1) is 5.41 Å². The zero-order valence-electron chi connectivity index (χ0n) is 9.90. The molecule has 0 aromatic heterocycles. The summed E-state index contributed by atoms with van der Waals surface area (Å²) in [5.74, 6) is 0. The van der Waals surface area contributed by atoms with Gasteiger partial charge in [-0.25, -0.2) is 0 Å². The van der Waals surface area contributed by atoms with Gasteiger partial charge >= 0.3 is 0 Å². The monoisotopic (exact) mass is 185 g/mol. The van der Waals surface area contributed by atoms with Crippen molar-refractivity contribution in [2.45, 2.75) is 72.3 Å². The van der Waals surface area contributed by atoms with Crippen LogP contribution in [0.5, 0.6) is 0 Å². The van der Waals surface area contributed by atoms with Crippen molar-refractivity contribution >= 4 is 0 Å². The molecule has 1 unspecified atom stereocenters. The third-order valence-corrected chi connectivity index (χ3v) is 2.58. The number of hydrogen-bond donors (Lipinski definition) is 1.